The van der Waals surface area contributed by atoms with E-state index in [-0.39, 0.29) is 11.4 Å². The number of rotatable bonds is 4. The molecular formula is C19H20N8O. The van der Waals surface area contributed by atoms with Gasteiger partial charge in [0.2, 0.25) is 5.91 Å². The van der Waals surface area contributed by atoms with Gasteiger partial charge in [0, 0.05) is 18.6 Å². The third kappa shape index (κ3) is 2.35. The Kier molecular flexibility index (Phi) is 3.18. The summed E-state index contributed by atoms with van der Waals surface area (Å²) in [6, 6.07) is 7.63. The molecule has 142 valence electrons. The minimum absolute atomic E-state index is 0.00748. The van der Waals surface area contributed by atoms with E-state index in [0.29, 0.717) is 24.7 Å². The maximum Gasteiger partial charge on any atom is 0.239 e. The average Bonchev–Trinajstić information content (AvgIpc) is 3.03. The van der Waals surface area contributed by atoms with Crippen molar-refractivity contribution in [2.45, 2.75) is 24.8 Å². The van der Waals surface area contributed by atoms with Gasteiger partial charge in [0.1, 0.15) is 11.3 Å². The number of anilines is 3. The summed E-state index contributed by atoms with van der Waals surface area (Å²) in [5, 5.41) is 14.5. The van der Waals surface area contributed by atoms with Crippen molar-refractivity contribution >= 4 is 34.5 Å². The van der Waals surface area contributed by atoms with E-state index >= 15 is 0 Å². The van der Waals surface area contributed by atoms with Crippen molar-refractivity contribution in [1.82, 2.24) is 30.0 Å². The molecule has 4 fully saturated rings. The summed E-state index contributed by atoms with van der Waals surface area (Å²) in [4.78, 5) is 22.8. The summed E-state index contributed by atoms with van der Waals surface area (Å²) in [5.41, 5.74) is 2.10. The molecule has 0 spiro atoms. The van der Waals surface area contributed by atoms with E-state index in [1.165, 1.54) is 19.3 Å². The summed E-state index contributed by atoms with van der Waals surface area (Å²) in [5.74, 6) is 2.95. The largest absolute Gasteiger partial charge is 0.353 e. The first-order chi connectivity index (χ1) is 13.7. The number of nitrogens with zero attached hydrogens (tertiary/aromatic N) is 6. The minimum atomic E-state index is 0.00748. The second-order valence-electron chi connectivity index (χ2n) is 8.03. The van der Waals surface area contributed by atoms with Crippen LogP contribution in [-0.4, -0.2) is 50.3 Å². The molecule has 28 heavy (non-hydrogen) atoms. The number of hydrogen-bond acceptors (Lipinski definition) is 7. The van der Waals surface area contributed by atoms with Gasteiger partial charge in [-0.15, -0.1) is 10.2 Å². The maximum atomic E-state index is 11.5. The average molecular weight is 376 g/mol. The first kappa shape index (κ1) is 15.8. The quantitative estimate of drug-likeness (QED) is 0.710. The van der Waals surface area contributed by atoms with Crippen LogP contribution in [0.25, 0.3) is 11.2 Å². The fourth-order valence-electron chi connectivity index (χ4n) is 4.56. The molecule has 0 unspecified atom stereocenters. The number of aromatic nitrogens is 5. The smallest absolute Gasteiger partial charge is 0.239 e. The topological polar surface area (TPSA) is 101 Å². The second-order valence-corrected chi connectivity index (χ2v) is 8.03. The van der Waals surface area contributed by atoms with Gasteiger partial charge in [0.25, 0.3) is 0 Å². The molecule has 3 aromatic rings. The number of piperazine rings is 1. The van der Waals surface area contributed by atoms with E-state index in [0.717, 1.165) is 29.4 Å². The Balaban J connectivity index is 1.23. The van der Waals surface area contributed by atoms with Crippen molar-refractivity contribution in [3.8, 4) is 0 Å². The molecule has 1 amide bonds. The van der Waals surface area contributed by atoms with Crippen LogP contribution in [-0.2, 0) is 10.3 Å². The molecule has 2 bridgehead atoms. The van der Waals surface area contributed by atoms with Crippen molar-refractivity contribution in [2.24, 2.45) is 5.92 Å². The highest BCUT2D eigenvalue weighted by Gasteiger charge is 2.58. The number of pyridine rings is 1. The lowest BCUT2D eigenvalue weighted by Crippen LogP contribution is -2.59. The molecule has 3 aliphatic carbocycles. The molecule has 1 aliphatic heterocycles. The molecule has 9 nitrogen and oxygen atoms in total. The zero-order valence-corrected chi connectivity index (χ0v) is 15.3. The number of nitrogens with one attached hydrogen (secondary N) is 2. The summed E-state index contributed by atoms with van der Waals surface area (Å²) in [7, 11) is 0. The normalized spacial score (nSPS) is 25.8. The lowest BCUT2D eigenvalue weighted by atomic mass is 9.50. The van der Waals surface area contributed by atoms with E-state index in [2.05, 4.69) is 30.4 Å². The molecular weight excluding hydrogens is 356 g/mol. The summed E-state index contributed by atoms with van der Waals surface area (Å²) in [6.45, 7) is 1.67. The fraction of sp³-hybridized carbons (Fsp3) is 0.421. The number of imidazole rings is 1. The third-order valence-electron chi connectivity index (χ3n) is 6.18. The van der Waals surface area contributed by atoms with E-state index in [4.69, 9.17) is 4.98 Å². The Morgan fingerprint density at radius 1 is 1.11 bits per heavy atom. The molecule has 1 saturated heterocycles. The summed E-state index contributed by atoms with van der Waals surface area (Å²) in [6.07, 6.45) is 5.68. The zero-order chi connectivity index (χ0) is 18.7. The van der Waals surface area contributed by atoms with Gasteiger partial charge in [-0.3, -0.25) is 4.79 Å². The predicted molar refractivity (Wildman–Crippen MR) is 103 cm³/mol. The lowest BCUT2D eigenvalue weighted by Gasteiger charge is -2.62. The predicted octanol–water partition coefficient (Wildman–Crippen LogP) is 1.41. The Bertz CT molecular complexity index is 1060. The number of fused-ring (bicyclic) bond motifs is 1. The first-order valence-corrected chi connectivity index (χ1v) is 9.66. The van der Waals surface area contributed by atoms with Crippen molar-refractivity contribution in [3.63, 3.8) is 0 Å². The van der Waals surface area contributed by atoms with E-state index in [1.807, 2.05) is 35.5 Å². The molecule has 7 rings (SSSR count). The highest BCUT2D eigenvalue weighted by molar-refractivity contribution is 5.82. The van der Waals surface area contributed by atoms with Crippen LogP contribution in [0.15, 0.2) is 30.6 Å². The van der Waals surface area contributed by atoms with Crippen molar-refractivity contribution in [3.05, 3.63) is 30.6 Å². The minimum Gasteiger partial charge on any atom is -0.353 e. The number of carbonyl (C=O) groups excluding carboxylic acids is 1. The van der Waals surface area contributed by atoms with Crippen LogP contribution in [0.4, 0.5) is 17.5 Å². The van der Waals surface area contributed by atoms with Crippen LogP contribution in [0.5, 0.6) is 0 Å². The monoisotopic (exact) mass is 376 g/mol. The second kappa shape index (κ2) is 5.63. The van der Waals surface area contributed by atoms with Gasteiger partial charge in [-0.2, -0.15) is 0 Å². The number of hydrogen-bond donors (Lipinski definition) is 2. The van der Waals surface area contributed by atoms with Crippen LogP contribution in [0.2, 0.25) is 0 Å². The van der Waals surface area contributed by atoms with Crippen molar-refractivity contribution in [2.75, 3.05) is 29.9 Å². The molecule has 3 saturated carbocycles. The molecule has 0 radical (unpaired) electrons. The third-order valence-corrected chi connectivity index (χ3v) is 6.18. The Morgan fingerprint density at radius 2 is 1.96 bits per heavy atom. The van der Waals surface area contributed by atoms with Gasteiger partial charge in [0.15, 0.2) is 17.3 Å². The molecule has 0 atom stereocenters. The molecule has 0 aromatic carbocycles. The maximum absolute atomic E-state index is 11.5. The van der Waals surface area contributed by atoms with Crippen LogP contribution in [0.1, 0.15) is 19.3 Å². The van der Waals surface area contributed by atoms with E-state index in [9.17, 15) is 4.79 Å². The van der Waals surface area contributed by atoms with Gasteiger partial charge in [-0.1, -0.05) is 0 Å². The van der Waals surface area contributed by atoms with Crippen LogP contribution in [0, 0.1) is 5.92 Å². The standard InChI is InChI=1S/C19H20N8O/c28-17-10-26(6-5-20-17)16-4-3-15(24-25-16)22-14-2-1-13-18(23-14)27(11-21-13)19-7-12(8-19)9-19/h1-4,11-12H,5-10H2,(H,20,28)(H,22,23,24). The van der Waals surface area contributed by atoms with Crippen molar-refractivity contribution in [1.29, 1.82) is 0 Å². The highest BCUT2D eigenvalue weighted by Crippen LogP contribution is 2.62. The van der Waals surface area contributed by atoms with Gasteiger partial charge < -0.3 is 20.1 Å². The Hall–Kier alpha value is -3.23. The van der Waals surface area contributed by atoms with Gasteiger partial charge in [-0.05, 0) is 49.4 Å². The Labute approximate surface area is 161 Å². The van der Waals surface area contributed by atoms with Crippen LogP contribution in [0.3, 0.4) is 0 Å². The molecule has 2 N–H and O–H groups in total. The number of amides is 1. The summed E-state index contributed by atoms with van der Waals surface area (Å²) >= 11 is 0. The number of carbonyl (C=O) groups is 1. The molecule has 9 heteroatoms. The highest BCUT2D eigenvalue weighted by atomic mass is 16.2. The fourth-order valence-corrected chi connectivity index (χ4v) is 4.56. The zero-order valence-electron chi connectivity index (χ0n) is 15.3. The van der Waals surface area contributed by atoms with E-state index in [1.54, 1.807) is 0 Å². The van der Waals surface area contributed by atoms with Gasteiger partial charge >= 0.3 is 0 Å². The van der Waals surface area contributed by atoms with Crippen LogP contribution >= 0.6 is 0 Å². The van der Waals surface area contributed by atoms with E-state index < -0.39 is 0 Å². The van der Waals surface area contributed by atoms with Crippen molar-refractivity contribution < 1.29 is 4.79 Å². The Morgan fingerprint density at radius 3 is 2.68 bits per heavy atom. The molecule has 4 aliphatic rings. The first-order valence-electron chi connectivity index (χ1n) is 9.66. The summed E-state index contributed by atoms with van der Waals surface area (Å²) < 4.78 is 2.25. The van der Waals surface area contributed by atoms with Crippen LogP contribution < -0.4 is 15.5 Å². The van der Waals surface area contributed by atoms with Gasteiger partial charge in [-0.25, -0.2) is 9.97 Å². The SMILES string of the molecule is O=C1CN(c2ccc(Nc3ccc4ncn(C56CC(C5)C6)c4n3)nn2)CCN1. The van der Waals surface area contributed by atoms with Gasteiger partial charge in [0.05, 0.1) is 12.9 Å². The lowest BCUT2D eigenvalue weighted by molar-refractivity contribution is -0.120. The molecule has 3 aromatic heterocycles. The molecule has 4 heterocycles.